The van der Waals surface area contributed by atoms with Gasteiger partial charge in [0.1, 0.15) is 12.4 Å². The summed E-state index contributed by atoms with van der Waals surface area (Å²) in [7, 11) is 0. The minimum absolute atomic E-state index is 0.617. The Labute approximate surface area is 110 Å². The summed E-state index contributed by atoms with van der Waals surface area (Å²) < 4.78 is 0. The summed E-state index contributed by atoms with van der Waals surface area (Å²) in [5.74, 6) is 0. The van der Waals surface area contributed by atoms with Gasteiger partial charge < -0.3 is 5.11 Å². The second-order valence-electron chi connectivity index (χ2n) is 4.46. The second kappa shape index (κ2) is 4.74. The van der Waals surface area contributed by atoms with Crippen molar-refractivity contribution in [2.45, 2.75) is 13.0 Å². The summed E-state index contributed by atoms with van der Waals surface area (Å²) >= 11 is 0. The molecule has 0 bridgehead atoms. The third kappa shape index (κ3) is 2.18. The molecule has 3 rings (SSSR count). The summed E-state index contributed by atoms with van der Waals surface area (Å²) in [4.78, 5) is 12.3. The smallest absolute Gasteiger partial charge is 0.124 e. The third-order valence-corrected chi connectivity index (χ3v) is 3.12. The van der Waals surface area contributed by atoms with Crippen LogP contribution >= 0.6 is 0 Å². The molecule has 0 fully saturated rings. The second-order valence-corrected chi connectivity index (χ2v) is 4.46. The van der Waals surface area contributed by atoms with Crippen molar-refractivity contribution >= 4 is 10.9 Å². The van der Waals surface area contributed by atoms with Crippen LogP contribution in [0.3, 0.4) is 0 Å². The van der Waals surface area contributed by atoms with E-state index in [4.69, 9.17) is 0 Å². The largest absolute Gasteiger partial charge is 0.382 e. The standard InChI is InChI=1S/C15H13N3O/c1-10-6-14(15(19)11-7-16-9-17-8-11)18-13-5-3-2-4-12(10)13/h2-9,15,19H,1H3. The summed E-state index contributed by atoms with van der Waals surface area (Å²) in [5, 5.41) is 11.4. The Morgan fingerprint density at radius 2 is 1.84 bits per heavy atom. The molecule has 1 N–H and O–H groups in total. The topological polar surface area (TPSA) is 58.9 Å². The zero-order valence-corrected chi connectivity index (χ0v) is 10.5. The lowest BCUT2D eigenvalue weighted by atomic mass is 10.0. The first-order chi connectivity index (χ1) is 9.25. The molecule has 4 nitrogen and oxygen atoms in total. The third-order valence-electron chi connectivity index (χ3n) is 3.12. The van der Waals surface area contributed by atoms with Crippen molar-refractivity contribution in [3.8, 4) is 0 Å². The fourth-order valence-electron chi connectivity index (χ4n) is 2.14. The lowest BCUT2D eigenvalue weighted by Gasteiger charge is -2.12. The molecule has 1 atom stereocenters. The molecule has 4 heteroatoms. The van der Waals surface area contributed by atoms with E-state index in [9.17, 15) is 5.11 Å². The van der Waals surface area contributed by atoms with Gasteiger partial charge in [0.05, 0.1) is 11.2 Å². The Morgan fingerprint density at radius 3 is 2.63 bits per heavy atom. The predicted molar refractivity (Wildman–Crippen MR) is 72.6 cm³/mol. The van der Waals surface area contributed by atoms with E-state index in [0.29, 0.717) is 11.3 Å². The van der Waals surface area contributed by atoms with Crippen LogP contribution in [0.25, 0.3) is 10.9 Å². The Hall–Kier alpha value is -2.33. The molecule has 94 valence electrons. The van der Waals surface area contributed by atoms with Crippen molar-refractivity contribution in [3.63, 3.8) is 0 Å². The maximum Gasteiger partial charge on any atom is 0.124 e. The van der Waals surface area contributed by atoms with Crippen LogP contribution in [0.5, 0.6) is 0 Å². The molecule has 0 radical (unpaired) electrons. The van der Waals surface area contributed by atoms with Crippen LogP contribution in [0.4, 0.5) is 0 Å². The van der Waals surface area contributed by atoms with Gasteiger partial charge in [0.2, 0.25) is 0 Å². The van der Waals surface area contributed by atoms with Gasteiger partial charge in [0.15, 0.2) is 0 Å². The Kier molecular flexibility index (Phi) is 2.93. The van der Waals surface area contributed by atoms with Crippen LogP contribution < -0.4 is 0 Å². The highest BCUT2D eigenvalue weighted by molar-refractivity contribution is 5.82. The molecule has 2 aromatic heterocycles. The highest BCUT2D eigenvalue weighted by atomic mass is 16.3. The van der Waals surface area contributed by atoms with E-state index in [-0.39, 0.29) is 0 Å². The van der Waals surface area contributed by atoms with Crippen LogP contribution in [0, 0.1) is 6.92 Å². The van der Waals surface area contributed by atoms with Crippen LogP contribution in [-0.2, 0) is 0 Å². The number of para-hydroxylation sites is 1. The van der Waals surface area contributed by atoms with Crippen molar-refractivity contribution < 1.29 is 5.11 Å². The highest BCUT2D eigenvalue weighted by Crippen LogP contribution is 2.24. The number of fused-ring (bicyclic) bond motifs is 1. The van der Waals surface area contributed by atoms with Crippen LogP contribution in [0.15, 0.2) is 49.1 Å². The van der Waals surface area contributed by atoms with Gasteiger partial charge in [-0.2, -0.15) is 0 Å². The number of hydrogen-bond acceptors (Lipinski definition) is 4. The summed E-state index contributed by atoms with van der Waals surface area (Å²) in [6.07, 6.45) is 3.84. The van der Waals surface area contributed by atoms with Crippen LogP contribution in [0.2, 0.25) is 0 Å². The van der Waals surface area contributed by atoms with Crippen molar-refractivity contribution in [1.82, 2.24) is 15.0 Å². The maximum atomic E-state index is 10.3. The number of benzene rings is 1. The number of nitrogens with zero attached hydrogens (tertiary/aromatic N) is 3. The van der Waals surface area contributed by atoms with Crippen molar-refractivity contribution in [3.05, 3.63) is 65.9 Å². The first-order valence-electron chi connectivity index (χ1n) is 6.05. The summed E-state index contributed by atoms with van der Waals surface area (Å²) in [6.45, 7) is 2.02. The molecule has 2 heterocycles. The minimum Gasteiger partial charge on any atom is -0.382 e. The molecule has 0 saturated carbocycles. The van der Waals surface area contributed by atoms with E-state index >= 15 is 0 Å². The number of pyridine rings is 1. The minimum atomic E-state index is -0.801. The molecule has 0 amide bonds. The average molecular weight is 251 g/mol. The van der Waals surface area contributed by atoms with Crippen LogP contribution in [0.1, 0.15) is 22.9 Å². The maximum absolute atomic E-state index is 10.3. The van der Waals surface area contributed by atoms with Crippen molar-refractivity contribution in [1.29, 1.82) is 0 Å². The summed E-state index contributed by atoms with van der Waals surface area (Å²) in [6, 6.07) is 9.80. The van der Waals surface area contributed by atoms with Crippen LogP contribution in [-0.4, -0.2) is 20.1 Å². The highest BCUT2D eigenvalue weighted by Gasteiger charge is 2.14. The molecule has 0 aliphatic rings. The van der Waals surface area contributed by atoms with Gasteiger partial charge in [-0.15, -0.1) is 0 Å². The number of hydrogen-bond donors (Lipinski definition) is 1. The predicted octanol–water partition coefficient (Wildman–Crippen LogP) is 2.41. The molecular weight excluding hydrogens is 238 g/mol. The fraction of sp³-hybridized carbons (Fsp3) is 0.133. The number of aliphatic hydroxyl groups is 1. The molecule has 1 unspecified atom stereocenters. The quantitative estimate of drug-likeness (QED) is 0.760. The molecule has 1 aromatic carbocycles. The fourth-order valence-corrected chi connectivity index (χ4v) is 2.14. The zero-order valence-electron chi connectivity index (χ0n) is 10.5. The van der Waals surface area contributed by atoms with Gasteiger partial charge >= 0.3 is 0 Å². The van der Waals surface area contributed by atoms with E-state index in [1.807, 2.05) is 37.3 Å². The van der Waals surface area contributed by atoms with Gasteiger partial charge in [-0.25, -0.2) is 15.0 Å². The SMILES string of the molecule is Cc1cc(C(O)c2cncnc2)nc2ccccc12. The van der Waals surface area contributed by atoms with Gasteiger partial charge in [0, 0.05) is 23.3 Å². The van der Waals surface area contributed by atoms with Gasteiger partial charge in [0.25, 0.3) is 0 Å². The van der Waals surface area contributed by atoms with E-state index in [1.54, 1.807) is 12.4 Å². The van der Waals surface area contributed by atoms with Gasteiger partial charge in [-0.1, -0.05) is 18.2 Å². The Balaban J connectivity index is 2.11. The lowest BCUT2D eigenvalue weighted by Crippen LogP contribution is -2.04. The van der Waals surface area contributed by atoms with E-state index in [1.165, 1.54) is 6.33 Å². The number of rotatable bonds is 2. The molecule has 3 aromatic rings. The lowest BCUT2D eigenvalue weighted by molar-refractivity contribution is 0.215. The first-order valence-corrected chi connectivity index (χ1v) is 6.05. The molecule has 0 aliphatic carbocycles. The number of aryl methyl sites for hydroxylation is 1. The number of aromatic nitrogens is 3. The Bertz CT molecular complexity index is 713. The number of aliphatic hydroxyl groups excluding tert-OH is 1. The van der Waals surface area contributed by atoms with Crippen molar-refractivity contribution in [2.75, 3.05) is 0 Å². The molecule has 19 heavy (non-hydrogen) atoms. The monoisotopic (exact) mass is 251 g/mol. The van der Waals surface area contributed by atoms with Gasteiger partial charge in [-0.3, -0.25) is 0 Å². The molecule has 0 aliphatic heterocycles. The normalized spacial score (nSPS) is 12.5. The van der Waals surface area contributed by atoms with E-state index in [2.05, 4.69) is 15.0 Å². The van der Waals surface area contributed by atoms with E-state index < -0.39 is 6.10 Å². The molecule has 0 spiro atoms. The van der Waals surface area contributed by atoms with E-state index in [0.717, 1.165) is 16.5 Å². The average Bonchev–Trinajstić information content (AvgIpc) is 2.47. The zero-order chi connectivity index (χ0) is 13.2. The van der Waals surface area contributed by atoms with Crippen molar-refractivity contribution in [2.24, 2.45) is 0 Å². The Morgan fingerprint density at radius 1 is 1.11 bits per heavy atom. The molecule has 0 saturated heterocycles. The summed E-state index contributed by atoms with van der Waals surface area (Å²) in [5.41, 5.74) is 3.24. The molecular formula is C15H13N3O. The van der Waals surface area contributed by atoms with Gasteiger partial charge in [-0.05, 0) is 24.6 Å². The first kappa shape index (κ1) is 11.7.